The van der Waals surface area contributed by atoms with Crippen LogP contribution in [0.25, 0.3) is 0 Å². The molecule has 0 aliphatic carbocycles. The Kier molecular flexibility index (Phi) is 4.35. The molecule has 1 aliphatic rings. The van der Waals surface area contributed by atoms with E-state index < -0.39 is 16.0 Å². The summed E-state index contributed by atoms with van der Waals surface area (Å²) in [5.74, 6) is -1.33. The zero-order valence-corrected chi connectivity index (χ0v) is 13.3. The minimum absolute atomic E-state index is 0.103. The molecule has 0 spiro atoms. The highest BCUT2D eigenvalue weighted by Gasteiger charge is 2.35. The van der Waals surface area contributed by atoms with Gasteiger partial charge in [0.1, 0.15) is 4.88 Å². The number of amides is 1. The zero-order valence-electron chi connectivity index (χ0n) is 11.7. The molecular weight excluding hydrogens is 316 g/mol. The minimum atomic E-state index is -3.63. The molecule has 2 rings (SSSR count). The van der Waals surface area contributed by atoms with E-state index in [1.165, 1.54) is 23.3 Å². The molecule has 0 radical (unpaired) electrons. The molecular formula is C12H16N2O5S2. The Bertz CT molecular complexity index is 680. The Balaban J connectivity index is 2.27. The van der Waals surface area contributed by atoms with Gasteiger partial charge in [0.15, 0.2) is 0 Å². The smallest absolute Gasteiger partial charge is 0.350 e. The van der Waals surface area contributed by atoms with E-state index >= 15 is 0 Å². The number of methoxy groups -OCH3 is 1. The van der Waals surface area contributed by atoms with Gasteiger partial charge >= 0.3 is 5.97 Å². The van der Waals surface area contributed by atoms with E-state index in [9.17, 15) is 18.0 Å². The van der Waals surface area contributed by atoms with E-state index in [2.05, 4.69) is 0 Å². The van der Waals surface area contributed by atoms with Crippen molar-refractivity contribution in [3.05, 3.63) is 15.8 Å². The second-order valence-corrected chi connectivity index (χ2v) is 7.88. The molecule has 9 heteroatoms. The molecule has 21 heavy (non-hydrogen) atoms. The van der Waals surface area contributed by atoms with Crippen LogP contribution in [0.5, 0.6) is 0 Å². The molecule has 0 saturated carbocycles. The van der Waals surface area contributed by atoms with Crippen molar-refractivity contribution in [3.8, 4) is 0 Å². The third-order valence-corrected chi connectivity index (χ3v) is 5.13. The maximum atomic E-state index is 12.1. The summed E-state index contributed by atoms with van der Waals surface area (Å²) in [5, 5.41) is 5.02. The van der Waals surface area contributed by atoms with Gasteiger partial charge in [-0.15, -0.1) is 11.3 Å². The summed E-state index contributed by atoms with van der Waals surface area (Å²) >= 11 is 1.24. The van der Waals surface area contributed by atoms with Crippen molar-refractivity contribution in [2.45, 2.75) is 13.3 Å². The number of thiophene rings is 1. The lowest BCUT2D eigenvalue weighted by molar-refractivity contribution is -0.117. The quantitative estimate of drug-likeness (QED) is 0.807. The second-order valence-electron chi connectivity index (χ2n) is 4.97. The van der Waals surface area contributed by atoms with Crippen LogP contribution in [-0.4, -0.2) is 39.7 Å². The van der Waals surface area contributed by atoms with Crippen molar-refractivity contribution in [1.29, 1.82) is 0 Å². The van der Waals surface area contributed by atoms with Crippen LogP contribution >= 0.6 is 11.3 Å². The van der Waals surface area contributed by atoms with Gasteiger partial charge in [-0.25, -0.2) is 18.4 Å². The normalized spacial score (nSPS) is 19.1. The number of nitrogens with zero attached hydrogens (tertiary/aromatic N) is 1. The number of primary sulfonamides is 1. The van der Waals surface area contributed by atoms with Gasteiger partial charge in [-0.2, -0.15) is 0 Å². The van der Waals surface area contributed by atoms with Crippen molar-refractivity contribution in [2.24, 2.45) is 11.1 Å². The molecule has 1 atom stereocenters. The fourth-order valence-electron chi connectivity index (χ4n) is 2.39. The molecule has 0 aromatic carbocycles. The summed E-state index contributed by atoms with van der Waals surface area (Å²) in [6.07, 6.45) is 0.103. The Morgan fingerprint density at radius 3 is 2.81 bits per heavy atom. The Hall–Kier alpha value is -1.45. The van der Waals surface area contributed by atoms with Gasteiger partial charge in [-0.05, 0) is 13.0 Å². The number of rotatable bonds is 4. The third-order valence-electron chi connectivity index (χ3n) is 3.17. The maximum absolute atomic E-state index is 12.1. The van der Waals surface area contributed by atoms with Gasteiger partial charge < -0.3 is 9.64 Å². The van der Waals surface area contributed by atoms with Gasteiger partial charge in [0.05, 0.1) is 18.6 Å². The summed E-state index contributed by atoms with van der Waals surface area (Å²) in [6, 6.07) is 1.73. The maximum Gasteiger partial charge on any atom is 0.350 e. The van der Waals surface area contributed by atoms with Crippen molar-refractivity contribution < 1.29 is 22.7 Å². The SMILES string of the molecule is COC(=O)c1sc(C)cc1N1CC(CS(N)(=O)=O)CC1=O. The molecule has 116 valence electrons. The number of hydrogen-bond donors (Lipinski definition) is 1. The average Bonchev–Trinajstić information content (AvgIpc) is 2.89. The largest absolute Gasteiger partial charge is 0.465 e. The first kappa shape index (κ1) is 15.9. The average molecular weight is 332 g/mol. The Morgan fingerprint density at radius 2 is 2.24 bits per heavy atom. The molecule has 1 saturated heterocycles. The van der Waals surface area contributed by atoms with Gasteiger partial charge in [0.2, 0.25) is 15.9 Å². The highest BCUT2D eigenvalue weighted by molar-refractivity contribution is 7.89. The predicted octanol–water partition coefficient (Wildman–Crippen LogP) is 0.485. The van der Waals surface area contributed by atoms with Crippen LogP contribution < -0.4 is 10.0 Å². The predicted molar refractivity (Wildman–Crippen MR) is 78.8 cm³/mol. The van der Waals surface area contributed by atoms with Crippen LogP contribution in [0.4, 0.5) is 5.69 Å². The van der Waals surface area contributed by atoms with Gasteiger partial charge in [-0.1, -0.05) is 0 Å². The van der Waals surface area contributed by atoms with Gasteiger partial charge in [0.25, 0.3) is 0 Å². The summed E-state index contributed by atoms with van der Waals surface area (Å²) < 4.78 is 27.0. The molecule has 1 aromatic heterocycles. The molecule has 2 N–H and O–H groups in total. The molecule has 0 bridgehead atoms. The van der Waals surface area contributed by atoms with Crippen LogP contribution in [0.15, 0.2) is 6.07 Å². The van der Waals surface area contributed by atoms with Gasteiger partial charge in [0, 0.05) is 23.8 Å². The Labute approximate surface area is 126 Å². The lowest BCUT2D eigenvalue weighted by Crippen LogP contribution is -2.28. The number of ether oxygens (including phenoxy) is 1. The van der Waals surface area contributed by atoms with Crippen molar-refractivity contribution >= 4 is 38.9 Å². The summed E-state index contributed by atoms with van der Waals surface area (Å²) in [6.45, 7) is 2.05. The highest BCUT2D eigenvalue weighted by atomic mass is 32.2. The van der Waals surface area contributed by atoms with Crippen LogP contribution in [0.3, 0.4) is 0 Å². The molecule has 7 nitrogen and oxygen atoms in total. The molecule has 1 amide bonds. The molecule has 1 aliphatic heterocycles. The topological polar surface area (TPSA) is 107 Å². The van der Waals surface area contributed by atoms with Crippen LogP contribution in [0.2, 0.25) is 0 Å². The second kappa shape index (κ2) is 5.74. The van der Waals surface area contributed by atoms with E-state index in [0.29, 0.717) is 10.6 Å². The van der Waals surface area contributed by atoms with Crippen molar-refractivity contribution in [2.75, 3.05) is 24.3 Å². The number of carbonyl (C=O) groups excluding carboxylic acids is 2. The first-order valence-corrected chi connectivity index (χ1v) is 8.74. The number of hydrogen-bond acceptors (Lipinski definition) is 6. The van der Waals surface area contributed by atoms with Crippen molar-refractivity contribution in [1.82, 2.24) is 0 Å². The number of aryl methyl sites for hydroxylation is 1. The number of sulfonamides is 1. The third kappa shape index (κ3) is 3.60. The summed E-state index contributed by atoms with van der Waals surface area (Å²) in [5.41, 5.74) is 0.478. The number of nitrogens with two attached hydrogens (primary N) is 1. The van der Waals surface area contributed by atoms with Crippen LogP contribution in [0, 0.1) is 12.8 Å². The number of anilines is 1. The zero-order chi connectivity index (χ0) is 15.8. The molecule has 1 fully saturated rings. The van der Waals surface area contributed by atoms with E-state index in [4.69, 9.17) is 9.88 Å². The first-order chi connectivity index (χ1) is 9.71. The first-order valence-electron chi connectivity index (χ1n) is 6.21. The standard InChI is InChI=1S/C12H16N2O5S2/c1-7-3-9(11(20-7)12(16)19-2)14-5-8(4-10(14)15)6-21(13,17)18/h3,8H,4-6H2,1-2H3,(H2,13,17,18). The van der Waals surface area contributed by atoms with Crippen LogP contribution in [0.1, 0.15) is 21.0 Å². The van der Waals surface area contributed by atoms with E-state index in [-0.39, 0.29) is 30.5 Å². The molecule has 1 aromatic rings. The molecule has 2 heterocycles. The fraction of sp³-hybridized carbons (Fsp3) is 0.500. The van der Waals surface area contributed by atoms with E-state index in [0.717, 1.165) is 4.88 Å². The minimum Gasteiger partial charge on any atom is -0.465 e. The van der Waals surface area contributed by atoms with E-state index in [1.54, 1.807) is 6.07 Å². The summed E-state index contributed by atoms with van der Waals surface area (Å²) in [4.78, 5) is 26.5. The summed E-state index contributed by atoms with van der Waals surface area (Å²) in [7, 11) is -2.36. The Morgan fingerprint density at radius 1 is 1.57 bits per heavy atom. The van der Waals surface area contributed by atoms with Crippen LogP contribution in [-0.2, 0) is 19.6 Å². The molecule has 1 unspecified atom stereocenters. The fourth-order valence-corrected chi connectivity index (χ4v) is 4.21. The number of carbonyl (C=O) groups is 2. The lowest BCUT2D eigenvalue weighted by atomic mass is 10.1. The highest BCUT2D eigenvalue weighted by Crippen LogP contribution is 2.34. The van der Waals surface area contributed by atoms with Gasteiger partial charge in [-0.3, -0.25) is 4.79 Å². The number of esters is 1. The monoisotopic (exact) mass is 332 g/mol. The lowest BCUT2D eigenvalue weighted by Gasteiger charge is -2.16. The van der Waals surface area contributed by atoms with Crippen molar-refractivity contribution in [3.63, 3.8) is 0 Å². The van der Waals surface area contributed by atoms with E-state index in [1.807, 2.05) is 6.92 Å².